The highest BCUT2D eigenvalue weighted by Gasteiger charge is 2.17. The Morgan fingerprint density at radius 3 is 3.00 bits per heavy atom. The summed E-state index contributed by atoms with van der Waals surface area (Å²) in [5.41, 5.74) is 5.93. The molecule has 0 aliphatic carbocycles. The van der Waals surface area contributed by atoms with E-state index in [-0.39, 0.29) is 12.4 Å². The molecule has 0 amide bonds. The Morgan fingerprint density at radius 2 is 2.33 bits per heavy atom. The average Bonchev–Trinajstić information content (AvgIpc) is 2.87. The molecule has 7 heteroatoms. The quantitative estimate of drug-likeness (QED) is 0.871. The minimum Gasteiger partial charge on any atom is -0.496 e. The number of aliphatic hydroxyl groups excluding tert-OH is 1. The monoisotopic (exact) mass is 269 g/mol. The van der Waals surface area contributed by atoms with Crippen LogP contribution in [0.5, 0.6) is 5.75 Å². The Kier molecular flexibility index (Phi) is 3.81. The Hall–Kier alpha value is -1.63. The van der Waals surface area contributed by atoms with Crippen LogP contribution < -0.4 is 10.5 Å². The van der Waals surface area contributed by atoms with Crippen molar-refractivity contribution in [2.75, 3.05) is 13.7 Å². The van der Waals surface area contributed by atoms with Gasteiger partial charge in [-0.25, -0.2) is 0 Å². The van der Waals surface area contributed by atoms with Crippen molar-refractivity contribution in [3.05, 3.63) is 29.1 Å². The van der Waals surface area contributed by atoms with E-state index in [1.807, 2.05) is 0 Å². The Balaban J connectivity index is 2.39. The second-order valence-corrected chi connectivity index (χ2v) is 3.99. The van der Waals surface area contributed by atoms with E-state index in [0.717, 1.165) is 0 Å². The van der Waals surface area contributed by atoms with Crippen LogP contribution in [-0.2, 0) is 0 Å². The lowest BCUT2D eigenvalue weighted by atomic mass is 10.2. The third-order valence-corrected chi connectivity index (χ3v) is 2.59. The lowest BCUT2D eigenvalue weighted by Crippen LogP contribution is -2.11. The fraction of sp³-hybridized carbons (Fsp3) is 0.273. The van der Waals surface area contributed by atoms with Gasteiger partial charge in [0.2, 0.25) is 5.82 Å². The first-order chi connectivity index (χ1) is 8.65. The highest BCUT2D eigenvalue weighted by Crippen LogP contribution is 2.30. The molecule has 6 nitrogen and oxygen atoms in total. The molecule has 0 fully saturated rings. The molecule has 3 N–H and O–H groups in total. The summed E-state index contributed by atoms with van der Waals surface area (Å²) in [7, 11) is 1.52. The van der Waals surface area contributed by atoms with Crippen molar-refractivity contribution >= 4 is 11.6 Å². The van der Waals surface area contributed by atoms with E-state index in [1.54, 1.807) is 18.2 Å². The number of halogens is 1. The van der Waals surface area contributed by atoms with Crippen LogP contribution >= 0.6 is 11.6 Å². The molecule has 1 unspecified atom stereocenters. The lowest BCUT2D eigenvalue weighted by Gasteiger charge is -2.04. The van der Waals surface area contributed by atoms with Gasteiger partial charge >= 0.3 is 0 Å². The van der Waals surface area contributed by atoms with Gasteiger partial charge in [0.05, 0.1) is 12.7 Å². The van der Waals surface area contributed by atoms with Crippen LogP contribution in [0.3, 0.4) is 0 Å². The molecule has 1 aromatic carbocycles. The van der Waals surface area contributed by atoms with Gasteiger partial charge in [-0.05, 0) is 18.2 Å². The molecule has 2 aromatic rings. The Labute approximate surface area is 108 Å². The predicted octanol–water partition coefficient (Wildman–Crippen LogP) is 1.39. The standard InChI is InChI=1S/C11H12ClN3O3/c1-17-9-4-6(12)2-3-7(9)10-14-11(18-15-10)8(16)5-13/h2-4,8,16H,5,13H2,1H3. The molecular formula is C11H12ClN3O3. The molecule has 0 aliphatic rings. The number of benzene rings is 1. The van der Waals surface area contributed by atoms with Crippen molar-refractivity contribution in [1.29, 1.82) is 0 Å². The van der Waals surface area contributed by atoms with E-state index < -0.39 is 6.10 Å². The second kappa shape index (κ2) is 5.34. The van der Waals surface area contributed by atoms with Crippen LogP contribution in [0, 0.1) is 0 Å². The molecule has 0 saturated heterocycles. The Morgan fingerprint density at radius 1 is 1.56 bits per heavy atom. The van der Waals surface area contributed by atoms with Crippen molar-refractivity contribution in [2.45, 2.75) is 6.10 Å². The van der Waals surface area contributed by atoms with E-state index >= 15 is 0 Å². The predicted molar refractivity (Wildman–Crippen MR) is 65.3 cm³/mol. The number of rotatable bonds is 4. The van der Waals surface area contributed by atoms with Crippen molar-refractivity contribution < 1.29 is 14.4 Å². The zero-order chi connectivity index (χ0) is 13.1. The SMILES string of the molecule is COc1cc(Cl)ccc1-c1noc(C(O)CN)n1. The van der Waals surface area contributed by atoms with Crippen LogP contribution in [0.1, 0.15) is 12.0 Å². The van der Waals surface area contributed by atoms with Gasteiger partial charge < -0.3 is 20.1 Å². The molecule has 0 aliphatic heterocycles. The van der Waals surface area contributed by atoms with Crippen LogP contribution in [0.2, 0.25) is 5.02 Å². The highest BCUT2D eigenvalue weighted by atomic mass is 35.5. The van der Waals surface area contributed by atoms with Gasteiger partial charge in [-0.15, -0.1) is 0 Å². The number of nitrogens with two attached hydrogens (primary N) is 1. The van der Waals surface area contributed by atoms with Gasteiger partial charge in [0.25, 0.3) is 5.89 Å². The number of nitrogens with zero attached hydrogens (tertiary/aromatic N) is 2. The van der Waals surface area contributed by atoms with Crippen molar-refractivity contribution in [3.8, 4) is 17.1 Å². The van der Waals surface area contributed by atoms with E-state index in [0.29, 0.717) is 22.2 Å². The van der Waals surface area contributed by atoms with E-state index in [2.05, 4.69) is 10.1 Å². The first-order valence-electron chi connectivity index (χ1n) is 5.21. The molecule has 18 heavy (non-hydrogen) atoms. The molecule has 0 saturated carbocycles. The van der Waals surface area contributed by atoms with Gasteiger partial charge in [-0.3, -0.25) is 0 Å². The highest BCUT2D eigenvalue weighted by molar-refractivity contribution is 6.30. The number of hydrogen-bond acceptors (Lipinski definition) is 6. The average molecular weight is 270 g/mol. The maximum Gasteiger partial charge on any atom is 0.257 e. The summed E-state index contributed by atoms with van der Waals surface area (Å²) in [5, 5.41) is 13.8. The Bertz CT molecular complexity index is 544. The molecule has 1 atom stereocenters. The number of ether oxygens (including phenoxy) is 1. The molecule has 1 aromatic heterocycles. The minimum absolute atomic E-state index is 0.0133. The lowest BCUT2D eigenvalue weighted by molar-refractivity contribution is 0.141. The van der Waals surface area contributed by atoms with Crippen LogP contribution in [0.25, 0.3) is 11.4 Å². The largest absolute Gasteiger partial charge is 0.496 e. The first kappa shape index (κ1) is 12.8. The molecule has 2 rings (SSSR count). The molecule has 0 spiro atoms. The fourth-order valence-electron chi connectivity index (χ4n) is 1.43. The van der Waals surface area contributed by atoms with Gasteiger partial charge in [-0.1, -0.05) is 16.8 Å². The normalized spacial score (nSPS) is 12.4. The molecular weight excluding hydrogens is 258 g/mol. The first-order valence-corrected chi connectivity index (χ1v) is 5.59. The minimum atomic E-state index is -0.968. The van der Waals surface area contributed by atoms with Gasteiger partial charge in [-0.2, -0.15) is 4.98 Å². The summed E-state index contributed by atoms with van der Waals surface area (Å²) >= 11 is 5.86. The number of hydrogen-bond donors (Lipinski definition) is 2. The summed E-state index contributed by atoms with van der Waals surface area (Å²) in [6.07, 6.45) is -0.968. The summed E-state index contributed by atoms with van der Waals surface area (Å²) in [6, 6.07) is 5.05. The maximum absolute atomic E-state index is 9.49. The fourth-order valence-corrected chi connectivity index (χ4v) is 1.59. The molecule has 0 bridgehead atoms. The maximum atomic E-state index is 9.49. The van der Waals surface area contributed by atoms with Gasteiger partial charge in [0.15, 0.2) is 0 Å². The number of aliphatic hydroxyl groups is 1. The van der Waals surface area contributed by atoms with E-state index in [9.17, 15) is 5.11 Å². The van der Waals surface area contributed by atoms with Gasteiger partial charge in [0, 0.05) is 11.6 Å². The third-order valence-electron chi connectivity index (χ3n) is 2.35. The number of aromatic nitrogens is 2. The summed E-state index contributed by atoms with van der Waals surface area (Å²) in [5.74, 6) is 0.910. The topological polar surface area (TPSA) is 94.4 Å². The van der Waals surface area contributed by atoms with Crippen molar-refractivity contribution in [1.82, 2.24) is 10.1 Å². The van der Waals surface area contributed by atoms with Crippen molar-refractivity contribution in [3.63, 3.8) is 0 Å². The smallest absolute Gasteiger partial charge is 0.257 e. The summed E-state index contributed by atoms with van der Waals surface area (Å²) in [6.45, 7) is 0.0133. The molecule has 0 radical (unpaired) electrons. The van der Waals surface area contributed by atoms with Crippen LogP contribution in [0.4, 0.5) is 0 Å². The summed E-state index contributed by atoms with van der Waals surface area (Å²) < 4.78 is 10.1. The second-order valence-electron chi connectivity index (χ2n) is 3.55. The van der Waals surface area contributed by atoms with Crippen LogP contribution in [0.15, 0.2) is 22.7 Å². The molecule has 96 valence electrons. The van der Waals surface area contributed by atoms with Crippen molar-refractivity contribution in [2.24, 2.45) is 5.73 Å². The third kappa shape index (κ3) is 2.45. The zero-order valence-corrected chi connectivity index (χ0v) is 10.4. The number of methoxy groups -OCH3 is 1. The zero-order valence-electron chi connectivity index (χ0n) is 9.63. The molecule has 1 heterocycles. The van der Waals surface area contributed by atoms with Gasteiger partial charge in [0.1, 0.15) is 11.9 Å². The van der Waals surface area contributed by atoms with Crippen LogP contribution in [-0.4, -0.2) is 28.9 Å². The summed E-state index contributed by atoms with van der Waals surface area (Å²) in [4.78, 5) is 4.06. The van der Waals surface area contributed by atoms with E-state index in [1.165, 1.54) is 7.11 Å². The van der Waals surface area contributed by atoms with E-state index in [4.69, 9.17) is 26.6 Å².